The summed E-state index contributed by atoms with van der Waals surface area (Å²) in [6.07, 6.45) is 0.257. The molecule has 0 radical (unpaired) electrons. The number of pyridine rings is 1. The lowest BCUT2D eigenvalue weighted by Crippen LogP contribution is -2.15. The molecule has 0 spiro atoms. The largest absolute Gasteiger partial charge is 0.326 e. The van der Waals surface area contributed by atoms with Crippen molar-refractivity contribution in [3.05, 3.63) is 33.7 Å². The number of H-pyrrole nitrogens is 1. The van der Waals surface area contributed by atoms with Crippen molar-refractivity contribution in [2.24, 2.45) is 5.73 Å². The van der Waals surface area contributed by atoms with Crippen LogP contribution in [0, 0.1) is 18.3 Å². The molecule has 0 unspecified atom stereocenters. The van der Waals surface area contributed by atoms with Crippen molar-refractivity contribution in [2.45, 2.75) is 19.4 Å². The number of nitriles is 1. The summed E-state index contributed by atoms with van der Waals surface area (Å²) in [7, 11) is 0. The Morgan fingerprint density at radius 3 is 2.92 bits per heavy atom. The minimum Gasteiger partial charge on any atom is -0.326 e. The van der Waals surface area contributed by atoms with E-state index in [2.05, 4.69) is 4.98 Å². The number of nitrogens with two attached hydrogens (primary N) is 1. The summed E-state index contributed by atoms with van der Waals surface area (Å²) in [6.45, 7) is 1.77. The van der Waals surface area contributed by atoms with Gasteiger partial charge >= 0.3 is 0 Å². The van der Waals surface area contributed by atoms with E-state index < -0.39 is 0 Å². The van der Waals surface area contributed by atoms with Crippen LogP contribution >= 0.6 is 0 Å². The highest BCUT2D eigenvalue weighted by Crippen LogP contribution is 2.14. The predicted molar refractivity (Wildman–Crippen MR) is 49.0 cm³/mol. The van der Waals surface area contributed by atoms with Gasteiger partial charge < -0.3 is 10.7 Å². The van der Waals surface area contributed by atoms with Gasteiger partial charge in [0.05, 0.1) is 12.5 Å². The second-order valence-electron chi connectivity index (χ2n) is 2.87. The quantitative estimate of drug-likeness (QED) is 0.693. The fourth-order valence-electron chi connectivity index (χ4n) is 1.20. The Morgan fingerprint density at radius 1 is 1.69 bits per heavy atom. The van der Waals surface area contributed by atoms with E-state index in [9.17, 15) is 4.79 Å². The van der Waals surface area contributed by atoms with Gasteiger partial charge in [-0.25, -0.2) is 0 Å². The van der Waals surface area contributed by atoms with Crippen LogP contribution in [0.3, 0.4) is 0 Å². The van der Waals surface area contributed by atoms with Gasteiger partial charge in [-0.15, -0.1) is 0 Å². The van der Waals surface area contributed by atoms with Crippen LogP contribution in [0.2, 0.25) is 0 Å². The van der Waals surface area contributed by atoms with Crippen LogP contribution in [0.5, 0.6) is 0 Å². The van der Waals surface area contributed by atoms with Gasteiger partial charge in [0.15, 0.2) is 0 Å². The van der Waals surface area contributed by atoms with Gasteiger partial charge in [0, 0.05) is 17.8 Å². The number of hydrogen-bond donors (Lipinski definition) is 2. The van der Waals surface area contributed by atoms with E-state index in [0.29, 0.717) is 0 Å². The van der Waals surface area contributed by atoms with Gasteiger partial charge in [-0.1, -0.05) is 6.07 Å². The Balaban J connectivity index is 3.03. The minimum atomic E-state index is -0.318. The summed E-state index contributed by atoms with van der Waals surface area (Å²) in [5.74, 6) is 0. The van der Waals surface area contributed by atoms with Crippen LogP contribution in [0.4, 0.5) is 0 Å². The molecular formula is C9H11N3O. The number of aromatic amines is 1. The zero-order chi connectivity index (χ0) is 9.84. The van der Waals surface area contributed by atoms with Gasteiger partial charge in [0.25, 0.3) is 0 Å². The van der Waals surface area contributed by atoms with E-state index in [1.54, 1.807) is 13.0 Å². The first-order valence-electron chi connectivity index (χ1n) is 3.97. The SMILES string of the molecule is Cc1[nH]c(=O)ccc1[C@@H](N)CC#N. The fourth-order valence-corrected chi connectivity index (χ4v) is 1.20. The summed E-state index contributed by atoms with van der Waals surface area (Å²) < 4.78 is 0. The molecule has 0 aliphatic carbocycles. The molecule has 1 aromatic heterocycles. The first-order valence-corrected chi connectivity index (χ1v) is 3.97. The summed E-state index contributed by atoms with van der Waals surface area (Å²) in [5.41, 5.74) is 7.12. The summed E-state index contributed by atoms with van der Waals surface area (Å²) in [4.78, 5) is 13.5. The molecule has 1 atom stereocenters. The monoisotopic (exact) mass is 177 g/mol. The average molecular weight is 177 g/mol. The molecule has 0 amide bonds. The average Bonchev–Trinajstić information content (AvgIpc) is 2.04. The number of rotatable bonds is 2. The Morgan fingerprint density at radius 2 is 2.38 bits per heavy atom. The molecule has 0 saturated carbocycles. The molecule has 0 aliphatic rings. The summed E-state index contributed by atoms with van der Waals surface area (Å²) in [5, 5.41) is 8.44. The number of nitrogens with one attached hydrogen (secondary N) is 1. The van der Waals surface area contributed by atoms with E-state index in [-0.39, 0.29) is 18.0 Å². The summed E-state index contributed by atoms with van der Waals surface area (Å²) in [6, 6.07) is 4.75. The maximum atomic E-state index is 10.9. The highest BCUT2D eigenvalue weighted by atomic mass is 16.1. The third-order valence-electron chi connectivity index (χ3n) is 1.87. The Hall–Kier alpha value is -1.60. The molecule has 4 heteroatoms. The first-order chi connectivity index (χ1) is 6.15. The van der Waals surface area contributed by atoms with Crippen molar-refractivity contribution in [1.82, 2.24) is 4.98 Å². The smallest absolute Gasteiger partial charge is 0.248 e. The molecule has 0 bridgehead atoms. The molecule has 13 heavy (non-hydrogen) atoms. The normalized spacial score (nSPS) is 12.1. The lowest BCUT2D eigenvalue weighted by molar-refractivity contribution is 0.734. The van der Waals surface area contributed by atoms with Crippen LogP contribution in [0.1, 0.15) is 23.7 Å². The van der Waals surface area contributed by atoms with Crippen LogP contribution in [-0.4, -0.2) is 4.98 Å². The van der Waals surface area contributed by atoms with Crippen molar-refractivity contribution in [1.29, 1.82) is 5.26 Å². The van der Waals surface area contributed by atoms with Gasteiger partial charge in [0.1, 0.15) is 0 Å². The van der Waals surface area contributed by atoms with Crippen LogP contribution in [0.25, 0.3) is 0 Å². The van der Waals surface area contributed by atoms with Crippen LogP contribution in [-0.2, 0) is 0 Å². The zero-order valence-corrected chi connectivity index (χ0v) is 7.37. The molecular weight excluding hydrogens is 166 g/mol. The highest BCUT2D eigenvalue weighted by Gasteiger charge is 2.08. The van der Waals surface area contributed by atoms with Crippen LogP contribution in [0.15, 0.2) is 16.9 Å². The molecule has 4 nitrogen and oxygen atoms in total. The van der Waals surface area contributed by atoms with Gasteiger partial charge in [0.2, 0.25) is 5.56 Å². The molecule has 1 rings (SSSR count). The Bertz CT molecular complexity index is 389. The maximum absolute atomic E-state index is 10.9. The fraction of sp³-hybridized carbons (Fsp3) is 0.333. The van der Waals surface area contributed by atoms with Crippen molar-refractivity contribution in [2.75, 3.05) is 0 Å². The maximum Gasteiger partial charge on any atom is 0.248 e. The molecule has 3 N–H and O–H groups in total. The van der Waals surface area contributed by atoms with Gasteiger partial charge in [-0.3, -0.25) is 4.79 Å². The lowest BCUT2D eigenvalue weighted by Gasteiger charge is -2.09. The topological polar surface area (TPSA) is 82.7 Å². The van der Waals surface area contributed by atoms with Crippen molar-refractivity contribution in [3.8, 4) is 6.07 Å². The third kappa shape index (κ3) is 2.17. The van der Waals surface area contributed by atoms with Crippen LogP contribution < -0.4 is 11.3 Å². The van der Waals surface area contributed by atoms with Gasteiger partial charge in [-0.05, 0) is 12.5 Å². The molecule has 68 valence electrons. The second-order valence-corrected chi connectivity index (χ2v) is 2.87. The minimum absolute atomic E-state index is 0.148. The molecule has 0 fully saturated rings. The van der Waals surface area contributed by atoms with E-state index >= 15 is 0 Å². The predicted octanol–water partition coefficient (Wildman–Crippen LogP) is 0.597. The van der Waals surface area contributed by atoms with Gasteiger partial charge in [-0.2, -0.15) is 5.26 Å². The second kappa shape index (κ2) is 3.87. The number of aryl methyl sites for hydroxylation is 1. The van der Waals surface area contributed by atoms with Crippen molar-refractivity contribution in [3.63, 3.8) is 0 Å². The first kappa shape index (κ1) is 9.49. The summed E-state index contributed by atoms with van der Waals surface area (Å²) >= 11 is 0. The zero-order valence-electron chi connectivity index (χ0n) is 7.37. The third-order valence-corrected chi connectivity index (χ3v) is 1.87. The van der Waals surface area contributed by atoms with Crippen molar-refractivity contribution >= 4 is 0 Å². The molecule has 0 aromatic carbocycles. The number of hydrogen-bond acceptors (Lipinski definition) is 3. The number of nitrogens with zero attached hydrogens (tertiary/aromatic N) is 1. The molecule has 0 aliphatic heterocycles. The Kier molecular flexibility index (Phi) is 2.83. The molecule has 1 heterocycles. The Labute approximate surface area is 76.0 Å². The molecule has 1 aromatic rings. The van der Waals surface area contributed by atoms with Crippen molar-refractivity contribution < 1.29 is 0 Å². The lowest BCUT2D eigenvalue weighted by atomic mass is 10.0. The molecule has 0 saturated heterocycles. The van der Waals surface area contributed by atoms with E-state index in [1.165, 1.54) is 6.07 Å². The highest BCUT2D eigenvalue weighted by molar-refractivity contribution is 5.22. The van der Waals surface area contributed by atoms with E-state index in [1.807, 2.05) is 6.07 Å². The van der Waals surface area contributed by atoms with E-state index in [0.717, 1.165) is 11.3 Å². The van der Waals surface area contributed by atoms with E-state index in [4.69, 9.17) is 11.0 Å². The number of aromatic nitrogens is 1. The standard InChI is InChI=1S/C9H11N3O/c1-6-7(8(11)4-5-10)2-3-9(13)12-6/h2-3,8H,4,11H2,1H3,(H,12,13)/t8-/m0/s1.